The van der Waals surface area contributed by atoms with Gasteiger partial charge in [0.1, 0.15) is 30.0 Å². The number of nitrogens with zero attached hydrogens (tertiary/aromatic N) is 2. The average molecular weight is 416 g/mol. The quantitative estimate of drug-likeness (QED) is 0.461. The van der Waals surface area contributed by atoms with Gasteiger partial charge in [-0.25, -0.2) is 4.39 Å². The van der Waals surface area contributed by atoms with Crippen LogP contribution in [0, 0.1) is 27.3 Å². The molecule has 0 saturated heterocycles. The summed E-state index contributed by atoms with van der Waals surface area (Å²) in [6.07, 6.45) is 0. The van der Waals surface area contributed by atoms with Gasteiger partial charge in [0.2, 0.25) is 0 Å². The highest BCUT2D eigenvalue weighted by Gasteiger charge is 2.16. The molecule has 146 valence electrons. The van der Waals surface area contributed by atoms with E-state index in [1.807, 2.05) is 0 Å². The zero-order valence-electron chi connectivity index (χ0n) is 14.5. The van der Waals surface area contributed by atoms with Crippen LogP contribution in [0.4, 0.5) is 15.8 Å². The fourth-order valence-corrected chi connectivity index (χ4v) is 2.57. The zero-order valence-corrected chi connectivity index (χ0v) is 15.3. The third-order valence-corrected chi connectivity index (χ3v) is 4.03. The number of carbonyl (C=O) groups is 1. The first-order valence-corrected chi connectivity index (χ1v) is 8.41. The number of nitro groups is 1. The molecule has 0 aliphatic heterocycles. The summed E-state index contributed by atoms with van der Waals surface area (Å²) in [5.74, 6) is -0.653. The van der Waals surface area contributed by atoms with Crippen molar-refractivity contribution in [2.24, 2.45) is 0 Å². The van der Waals surface area contributed by atoms with E-state index in [9.17, 15) is 19.3 Å². The molecule has 2 aromatic carbocycles. The van der Waals surface area contributed by atoms with E-state index in [0.717, 1.165) is 12.1 Å². The fraction of sp³-hybridized carbons (Fsp3) is 0.0526. The third-order valence-electron chi connectivity index (χ3n) is 3.73. The number of amides is 1. The lowest BCUT2D eigenvalue weighted by molar-refractivity contribution is -0.384. The van der Waals surface area contributed by atoms with E-state index in [-0.39, 0.29) is 40.1 Å². The van der Waals surface area contributed by atoms with Crippen LogP contribution < -0.4 is 10.1 Å². The van der Waals surface area contributed by atoms with E-state index in [1.165, 1.54) is 36.4 Å². The average Bonchev–Trinajstić information content (AvgIpc) is 3.16. The molecule has 0 bridgehead atoms. The topological polar surface area (TPSA) is 118 Å². The summed E-state index contributed by atoms with van der Waals surface area (Å²) in [6, 6.07) is 11.9. The monoisotopic (exact) mass is 415 g/mol. The number of benzene rings is 2. The number of non-ortho nitro benzene ring substituents is 1. The fourth-order valence-electron chi connectivity index (χ4n) is 2.35. The normalized spacial score (nSPS) is 10.2. The van der Waals surface area contributed by atoms with Gasteiger partial charge >= 0.3 is 0 Å². The largest absolute Gasteiger partial charge is 0.484 e. The molecule has 3 rings (SSSR count). The molecule has 0 radical (unpaired) electrons. The van der Waals surface area contributed by atoms with Crippen molar-refractivity contribution in [1.82, 2.24) is 0 Å². The first kappa shape index (κ1) is 19.9. The number of anilines is 1. The molecule has 0 fully saturated rings. The summed E-state index contributed by atoms with van der Waals surface area (Å²) in [5.41, 5.74) is -0.222. The number of furan rings is 1. The number of nitrogens with one attached hydrogen (secondary N) is 1. The minimum atomic E-state index is -0.651. The Balaban J connectivity index is 1.68. The Bertz CT molecular complexity index is 1140. The number of carbonyl (C=O) groups excluding carboxylic acids is 1. The molecule has 10 heteroatoms. The molecule has 3 aromatic rings. The minimum Gasteiger partial charge on any atom is -0.484 e. The number of halogens is 2. The van der Waals surface area contributed by atoms with Crippen LogP contribution in [-0.4, -0.2) is 10.8 Å². The summed E-state index contributed by atoms with van der Waals surface area (Å²) in [6.45, 7) is -0.0559. The summed E-state index contributed by atoms with van der Waals surface area (Å²) >= 11 is 5.87. The molecule has 1 amide bonds. The van der Waals surface area contributed by atoms with Crippen molar-refractivity contribution in [3.8, 4) is 11.8 Å². The molecule has 0 aliphatic carbocycles. The van der Waals surface area contributed by atoms with E-state index in [2.05, 4.69) is 5.32 Å². The predicted octanol–water partition coefficient (Wildman–Crippen LogP) is 4.68. The number of hydrogen-bond donors (Lipinski definition) is 1. The summed E-state index contributed by atoms with van der Waals surface area (Å²) in [7, 11) is 0. The molecular formula is C19H11ClFN3O5. The van der Waals surface area contributed by atoms with Gasteiger partial charge in [-0.15, -0.1) is 0 Å². The van der Waals surface area contributed by atoms with Crippen molar-refractivity contribution in [3.63, 3.8) is 0 Å². The van der Waals surface area contributed by atoms with E-state index in [0.29, 0.717) is 5.76 Å². The minimum absolute atomic E-state index is 0.0559. The van der Waals surface area contributed by atoms with Gasteiger partial charge in [0.25, 0.3) is 11.6 Å². The van der Waals surface area contributed by atoms with Crippen LogP contribution in [-0.2, 0) is 6.61 Å². The SMILES string of the molecule is N#Cc1cc([N+](=O)[O-])ccc1NC(=O)c1ccc(COc2ccc(F)cc2Cl)o1. The molecule has 29 heavy (non-hydrogen) atoms. The van der Waals surface area contributed by atoms with Crippen molar-refractivity contribution in [2.75, 3.05) is 5.32 Å². The van der Waals surface area contributed by atoms with E-state index < -0.39 is 16.6 Å². The summed E-state index contributed by atoms with van der Waals surface area (Å²) in [4.78, 5) is 22.5. The molecule has 1 heterocycles. The first-order valence-electron chi connectivity index (χ1n) is 8.04. The highest BCUT2D eigenvalue weighted by Crippen LogP contribution is 2.26. The smallest absolute Gasteiger partial charge is 0.291 e. The first-order chi connectivity index (χ1) is 13.9. The number of hydrogen-bond acceptors (Lipinski definition) is 6. The molecule has 8 nitrogen and oxygen atoms in total. The lowest BCUT2D eigenvalue weighted by atomic mass is 10.1. The molecule has 0 spiro atoms. The van der Waals surface area contributed by atoms with Crippen molar-refractivity contribution < 1.29 is 23.3 Å². The second-order valence-corrected chi connectivity index (χ2v) is 6.09. The Morgan fingerprint density at radius 2 is 2.07 bits per heavy atom. The lowest BCUT2D eigenvalue weighted by Gasteiger charge is -2.07. The van der Waals surface area contributed by atoms with Gasteiger partial charge in [0.15, 0.2) is 5.76 Å². The van der Waals surface area contributed by atoms with E-state index in [4.69, 9.17) is 26.0 Å². The Labute approximate surface area is 168 Å². The molecule has 0 unspecified atom stereocenters. The van der Waals surface area contributed by atoms with Crippen molar-refractivity contribution in [3.05, 3.63) is 86.6 Å². The highest BCUT2D eigenvalue weighted by molar-refractivity contribution is 6.32. The maximum absolute atomic E-state index is 13.0. The van der Waals surface area contributed by atoms with Crippen LogP contribution in [0.3, 0.4) is 0 Å². The Kier molecular flexibility index (Phi) is 5.76. The van der Waals surface area contributed by atoms with E-state index >= 15 is 0 Å². The second-order valence-electron chi connectivity index (χ2n) is 5.68. The lowest BCUT2D eigenvalue weighted by Crippen LogP contribution is -2.12. The van der Waals surface area contributed by atoms with Gasteiger partial charge in [0, 0.05) is 12.1 Å². The standard InChI is InChI=1S/C19H11ClFN3O5/c20-15-8-12(21)1-5-17(15)28-10-14-3-6-18(29-14)19(25)23-16-4-2-13(24(26)27)7-11(16)9-22/h1-8H,10H2,(H,23,25). The summed E-state index contributed by atoms with van der Waals surface area (Å²) in [5, 5.41) is 22.5. The van der Waals surface area contributed by atoms with Crippen LogP contribution in [0.1, 0.15) is 21.9 Å². The van der Waals surface area contributed by atoms with Crippen molar-refractivity contribution in [2.45, 2.75) is 6.61 Å². The Hall–Kier alpha value is -3.90. The van der Waals surface area contributed by atoms with Gasteiger partial charge in [-0.05, 0) is 36.4 Å². The highest BCUT2D eigenvalue weighted by atomic mass is 35.5. The number of nitriles is 1. The number of rotatable bonds is 6. The second kappa shape index (κ2) is 8.41. The maximum Gasteiger partial charge on any atom is 0.291 e. The van der Waals surface area contributed by atoms with Gasteiger partial charge in [0.05, 0.1) is 21.2 Å². The van der Waals surface area contributed by atoms with Crippen LogP contribution in [0.15, 0.2) is 52.9 Å². The Morgan fingerprint density at radius 3 is 2.76 bits per heavy atom. The predicted molar refractivity (Wildman–Crippen MR) is 100 cm³/mol. The number of ether oxygens (including phenoxy) is 1. The van der Waals surface area contributed by atoms with Crippen LogP contribution >= 0.6 is 11.6 Å². The van der Waals surface area contributed by atoms with Gasteiger partial charge in [-0.3, -0.25) is 14.9 Å². The van der Waals surface area contributed by atoms with Crippen molar-refractivity contribution >= 4 is 28.9 Å². The van der Waals surface area contributed by atoms with Crippen LogP contribution in [0.5, 0.6) is 5.75 Å². The van der Waals surface area contributed by atoms with Crippen LogP contribution in [0.25, 0.3) is 0 Å². The van der Waals surface area contributed by atoms with Crippen LogP contribution in [0.2, 0.25) is 5.02 Å². The molecule has 0 atom stereocenters. The number of nitro benzene ring substituents is 1. The Morgan fingerprint density at radius 1 is 1.28 bits per heavy atom. The molecule has 0 aliphatic rings. The molecule has 1 aromatic heterocycles. The molecule has 0 saturated carbocycles. The third kappa shape index (κ3) is 4.69. The zero-order chi connectivity index (χ0) is 21.0. The van der Waals surface area contributed by atoms with Gasteiger partial charge < -0.3 is 14.5 Å². The maximum atomic E-state index is 13.0. The summed E-state index contributed by atoms with van der Waals surface area (Å²) < 4.78 is 23.9. The van der Waals surface area contributed by atoms with Crippen molar-refractivity contribution in [1.29, 1.82) is 5.26 Å². The van der Waals surface area contributed by atoms with Gasteiger partial charge in [-0.2, -0.15) is 5.26 Å². The van der Waals surface area contributed by atoms with Gasteiger partial charge in [-0.1, -0.05) is 11.6 Å². The molecule has 1 N–H and O–H groups in total. The molecular weight excluding hydrogens is 405 g/mol. The van der Waals surface area contributed by atoms with E-state index in [1.54, 1.807) is 6.07 Å².